The summed E-state index contributed by atoms with van der Waals surface area (Å²) >= 11 is 1.32. The van der Waals surface area contributed by atoms with Gasteiger partial charge < -0.3 is 79.1 Å². The predicted molar refractivity (Wildman–Crippen MR) is 278 cm³/mol. The molecule has 0 radical (unpaired) electrons. The molecule has 20 nitrogen and oxygen atoms in total. The summed E-state index contributed by atoms with van der Waals surface area (Å²) < 4.78 is 38.1. The number of hydrogen-bond acceptors (Lipinski definition) is 18. The van der Waals surface area contributed by atoms with Gasteiger partial charge in [0, 0.05) is 42.8 Å². The van der Waals surface area contributed by atoms with Gasteiger partial charge in [-0.15, -0.1) is 11.8 Å². The summed E-state index contributed by atoms with van der Waals surface area (Å²) in [6.07, 6.45) is -8.98. The highest BCUT2D eigenvalue weighted by molar-refractivity contribution is 8.01. The molecule has 5 aliphatic heterocycles. The van der Waals surface area contributed by atoms with Crippen LogP contribution in [0.4, 0.5) is 0 Å². The van der Waals surface area contributed by atoms with Gasteiger partial charge in [0.1, 0.15) is 41.4 Å². The molecule has 7 N–H and O–H groups in total. The van der Waals surface area contributed by atoms with Gasteiger partial charge in [-0.25, -0.2) is 4.79 Å². The highest BCUT2D eigenvalue weighted by Crippen LogP contribution is 2.51. The summed E-state index contributed by atoms with van der Waals surface area (Å²) in [6, 6.07) is 3.51. The number of nitrogens with zero attached hydrogens (tertiary/aromatic N) is 3. The maximum Gasteiger partial charge on any atom is 0.327 e. The third-order valence-electron chi connectivity index (χ3n) is 17.3. The Hall–Kier alpha value is -3.03. The maximum atomic E-state index is 15.4. The van der Waals surface area contributed by atoms with Crippen LogP contribution in [0.15, 0.2) is 24.3 Å². The number of carbonyl (C=O) groups excluding carboxylic acids is 3. The minimum Gasteiger partial charge on any atom is -0.480 e. The van der Waals surface area contributed by atoms with Crippen molar-refractivity contribution in [2.24, 2.45) is 17.8 Å². The zero-order valence-electron chi connectivity index (χ0n) is 46.9. The first-order chi connectivity index (χ1) is 34.7. The molecule has 2 amide bonds. The fraction of sp³-hybridized carbons (Fsp3) is 0.815. The Morgan fingerprint density at radius 1 is 0.920 bits per heavy atom. The molecular weight excluding hydrogens is 993 g/mol. The van der Waals surface area contributed by atoms with E-state index >= 15 is 4.79 Å². The zero-order valence-corrected chi connectivity index (χ0v) is 47.7. The molecule has 426 valence electrons. The molecule has 5 fully saturated rings. The number of ether oxygens (including phenoxy) is 6. The number of thioether (sulfide) groups is 1. The van der Waals surface area contributed by atoms with Crippen LogP contribution >= 0.6 is 11.8 Å². The first kappa shape index (κ1) is 61.2. The van der Waals surface area contributed by atoms with Gasteiger partial charge in [0.25, 0.3) is 0 Å². The topological polar surface area (TPSA) is 267 Å². The van der Waals surface area contributed by atoms with Crippen LogP contribution in [0.3, 0.4) is 0 Å². The van der Waals surface area contributed by atoms with Crippen molar-refractivity contribution in [3.05, 3.63) is 35.4 Å². The van der Waals surface area contributed by atoms with Crippen molar-refractivity contribution < 1.29 is 78.2 Å². The van der Waals surface area contributed by atoms with Crippen LogP contribution in [-0.2, 0) is 59.6 Å². The molecule has 5 saturated heterocycles. The number of methoxy groups -OCH3 is 1. The van der Waals surface area contributed by atoms with Crippen molar-refractivity contribution in [3.63, 3.8) is 0 Å². The minimum absolute atomic E-state index is 0.0398. The number of aliphatic carboxylic acids is 1. The second-order valence-corrected chi connectivity index (χ2v) is 25.6. The monoisotopic (exact) mass is 1080 g/mol. The number of fused-ring (bicyclic) bond motifs is 1. The van der Waals surface area contributed by atoms with Crippen LogP contribution in [0.1, 0.15) is 120 Å². The van der Waals surface area contributed by atoms with E-state index in [1.54, 1.807) is 93.6 Å². The van der Waals surface area contributed by atoms with E-state index in [1.165, 1.54) is 30.7 Å². The molecule has 21 unspecified atom stereocenters. The lowest BCUT2D eigenvalue weighted by atomic mass is 9.71. The maximum absolute atomic E-state index is 15.4. The lowest BCUT2D eigenvalue weighted by molar-refractivity contribution is -0.318. The summed E-state index contributed by atoms with van der Waals surface area (Å²) in [5.41, 5.74) is -6.15. The minimum atomic E-state index is -2.20. The smallest absolute Gasteiger partial charge is 0.327 e. The SMILES string of the molecule is CCC1(c2ccc(CC(=O)NC3C(=O)N4C3SC(C)(C)C4C(=O)O)cc2)OC(=O)C(C)C(OC2CC(C)(OC)C(O)C(C)O2)C(C)C(OC2OC(C)CC(N(C)C)C2O)C(C)(O)CC(C)CN(C)C(C)C(O)C1(C)O. The van der Waals surface area contributed by atoms with Crippen LogP contribution in [0.5, 0.6) is 0 Å². The van der Waals surface area contributed by atoms with Crippen molar-refractivity contribution in [2.45, 2.75) is 227 Å². The fourth-order valence-electron chi connectivity index (χ4n) is 12.7. The molecule has 75 heavy (non-hydrogen) atoms. The van der Waals surface area contributed by atoms with Crippen molar-refractivity contribution in [1.29, 1.82) is 0 Å². The summed E-state index contributed by atoms with van der Waals surface area (Å²) in [4.78, 5) is 59.3. The van der Waals surface area contributed by atoms with Gasteiger partial charge in [-0.3, -0.25) is 14.4 Å². The van der Waals surface area contributed by atoms with E-state index in [0.29, 0.717) is 24.1 Å². The number of carboxylic acid groups (broad SMARTS) is 1. The molecule has 5 heterocycles. The van der Waals surface area contributed by atoms with Crippen LogP contribution in [0, 0.1) is 17.8 Å². The van der Waals surface area contributed by atoms with E-state index in [1.807, 2.05) is 37.7 Å². The molecule has 0 bridgehead atoms. The van der Waals surface area contributed by atoms with Gasteiger partial charge in [-0.05, 0) is 120 Å². The molecule has 21 heteroatoms. The van der Waals surface area contributed by atoms with Crippen molar-refractivity contribution in [1.82, 2.24) is 20.0 Å². The number of nitrogens with one attached hydrogen (secondary N) is 1. The second-order valence-electron chi connectivity index (χ2n) is 23.9. The van der Waals surface area contributed by atoms with Gasteiger partial charge >= 0.3 is 11.9 Å². The number of carbonyl (C=O) groups is 4. The lowest BCUT2D eigenvalue weighted by Gasteiger charge is -2.50. The van der Waals surface area contributed by atoms with Crippen LogP contribution in [0.2, 0.25) is 0 Å². The van der Waals surface area contributed by atoms with Crippen molar-refractivity contribution >= 4 is 35.5 Å². The molecule has 1 aromatic carbocycles. The Labute approximate surface area is 447 Å². The van der Waals surface area contributed by atoms with Crippen LogP contribution in [-0.4, -0.2) is 210 Å². The number of hydrogen-bond donors (Lipinski definition) is 7. The Morgan fingerprint density at radius 3 is 2.12 bits per heavy atom. The Morgan fingerprint density at radius 2 is 1.55 bits per heavy atom. The van der Waals surface area contributed by atoms with Gasteiger partial charge in [-0.1, -0.05) is 45.0 Å². The van der Waals surface area contributed by atoms with E-state index in [4.69, 9.17) is 28.4 Å². The Balaban J connectivity index is 1.40. The number of carboxylic acids is 1. The molecule has 21 atom stereocenters. The molecule has 0 aliphatic carbocycles. The van der Waals surface area contributed by atoms with E-state index in [9.17, 15) is 45.0 Å². The largest absolute Gasteiger partial charge is 0.480 e. The van der Waals surface area contributed by atoms with Gasteiger partial charge in [0.2, 0.25) is 11.8 Å². The summed E-state index contributed by atoms with van der Waals surface area (Å²) in [5.74, 6) is -5.30. The fourth-order valence-corrected chi connectivity index (χ4v) is 14.3. The quantitative estimate of drug-likeness (QED) is 0.117. The molecule has 0 spiro atoms. The number of β-lactam (4-membered cyclic amide) rings is 1. The Bertz CT molecular complexity index is 2190. The number of aliphatic hydroxyl groups is 5. The van der Waals surface area contributed by atoms with E-state index in [0.717, 1.165) is 0 Å². The number of esters is 1. The molecule has 0 aromatic heterocycles. The molecule has 1 aromatic rings. The van der Waals surface area contributed by atoms with Crippen LogP contribution < -0.4 is 5.32 Å². The summed E-state index contributed by atoms with van der Waals surface area (Å²) in [6.45, 7) is 21.0. The zero-order chi connectivity index (χ0) is 56.2. The van der Waals surface area contributed by atoms with Gasteiger partial charge in [0.05, 0.1) is 48.0 Å². The molecular formula is C54H88N4O16S. The number of likely N-dealkylation sites (N-methyl/N-ethyl adjacent to an activating group) is 2. The highest BCUT2D eigenvalue weighted by atomic mass is 32.2. The van der Waals surface area contributed by atoms with Crippen molar-refractivity contribution in [2.75, 3.05) is 34.8 Å². The van der Waals surface area contributed by atoms with Gasteiger partial charge in [0.15, 0.2) is 18.2 Å². The standard InChI is InChI=1S/C54H88N4O16S/c1-17-54(34-20-18-33(19-21-34)23-36(59)55-38-45(63)58-41(47(64)65)50(8,9)75-46(38)58)53(12,68)42(61)31(6)57(15)26-27(2)24-51(10,67)44(73-49-39(60)35(56(13)14)22-28(3)70-49)29(4)40(30(5)48(66)74-54)72-37-25-52(11,69-16)43(62)32(7)71-37/h18-21,27-32,35,37-44,46,49,60-62,67-68H,17,22-26H2,1-16H3,(H,55,59)(H,64,65). The number of aliphatic hydroxyl groups excluding tert-OH is 3. The molecule has 5 aliphatic rings. The average Bonchev–Trinajstić information content (AvgIpc) is 3.59. The third kappa shape index (κ3) is 12.0. The Kier molecular flexibility index (Phi) is 18.7. The lowest BCUT2D eigenvalue weighted by Crippen LogP contribution is -2.70. The van der Waals surface area contributed by atoms with Crippen LogP contribution in [0.25, 0.3) is 0 Å². The average molecular weight is 1080 g/mol. The first-order valence-corrected chi connectivity index (χ1v) is 27.4. The molecule has 0 saturated carbocycles. The number of rotatable bonds is 12. The number of benzene rings is 1. The molecule has 6 rings (SSSR count). The summed E-state index contributed by atoms with van der Waals surface area (Å²) in [5, 5.41) is 73.4. The summed E-state index contributed by atoms with van der Waals surface area (Å²) in [7, 11) is 7.00. The van der Waals surface area contributed by atoms with E-state index in [-0.39, 0.29) is 43.7 Å². The normalized spacial score (nSPS) is 44.2. The van der Waals surface area contributed by atoms with Crippen molar-refractivity contribution in [3.8, 4) is 0 Å². The predicted octanol–water partition coefficient (Wildman–Crippen LogP) is 2.60. The number of amides is 2. The van der Waals surface area contributed by atoms with E-state index in [2.05, 4.69) is 5.32 Å². The second kappa shape index (κ2) is 23.0. The van der Waals surface area contributed by atoms with Gasteiger partial charge in [-0.2, -0.15) is 0 Å². The highest BCUT2D eigenvalue weighted by Gasteiger charge is 2.64. The number of cyclic esters (lactones) is 1. The first-order valence-electron chi connectivity index (χ1n) is 26.5. The van der Waals surface area contributed by atoms with E-state index < -0.39 is 135 Å². The third-order valence-corrected chi connectivity index (χ3v) is 18.8.